The van der Waals surface area contributed by atoms with Crippen LogP contribution in [0.15, 0.2) is 0 Å². The second-order valence-corrected chi connectivity index (χ2v) is 6.02. The molecular weight excluding hydrogens is 268 g/mol. The summed E-state index contributed by atoms with van der Waals surface area (Å²) < 4.78 is 6.76. The van der Waals surface area contributed by atoms with Gasteiger partial charge >= 0.3 is 5.97 Å². The summed E-state index contributed by atoms with van der Waals surface area (Å²) in [7, 11) is 5.58. The van der Waals surface area contributed by atoms with Gasteiger partial charge in [-0.15, -0.1) is 0 Å². The molecule has 1 aliphatic carbocycles. The number of hydrogen-bond donors (Lipinski definition) is 1. The Morgan fingerprint density at radius 3 is 2.52 bits per heavy atom. The van der Waals surface area contributed by atoms with Crippen LogP contribution in [0.2, 0.25) is 0 Å². The maximum Gasteiger partial charge on any atom is 0.360 e. The second kappa shape index (κ2) is 6.05. The number of anilines is 1. The number of hydrogen-bond acceptors (Lipinski definition) is 5. The van der Waals surface area contributed by atoms with Crippen LogP contribution in [-0.4, -0.2) is 47.2 Å². The Labute approximate surface area is 126 Å². The number of ether oxygens (including phenoxy) is 1. The standard InChI is InChI=1S/C15H26N4O2/c1-5-11-17-12(14(20)21-4)13(16)19(11)10-15(18(2)3)8-6-7-9-15/h5-10,16H2,1-4H3. The number of nitrogen functional groups attached to an aromatic ring is 1. The quantitative estimate of drug-likeness (QED) is 0.837. The van der Waals surface area contributed by atoms with Gasteiger partial charge in [0.2, 0.25) is 0 Å². The summed E-state index contributed by atoms with van der Waals surface area (Å²) >= 11 is 0. The summed E-state index contributed by atoms with van der Waals surface area (Å²) in [5.74, 6) is 0.805. The predicted molar refractivity (Wildman–Crippen MR) is 82.2 cm³/mol. The van der Waals surface area contributed by atoms with Crippen LogP contribution in [0.5, 0.6) is 0 Å². The number of esters is 1. The van der Waals surface area contributed by atoms with Crippen molar-refractivity contribution >= 4 is 11.8 Å². The molecule has 1 saturated carbocycles. The molecule has 0 aliphatic heterocycles. The largest absolute Gasteiger partial charge is 0.464 e. The maximum absolute atomic E-state index is 11.8. The summed E-state index contributed by atoms with van der Waals surface area (Å²) in [6.45, 7) is 2.80. The minimum absolute atomic E-state index is 0.103. The van der Waals surface area contributed by atoms with Crippen LogP contribution in [0.3, 0.4) is 0 Å². The monoisotopic (exact) mass is 294 g/mol. The molecule has 1 aliphatic rings. The van der Waals surface area contributed by atoms with Crippen molar-refractivity contribution in [2.24, 2.45) is 0 Å². The maximum atomic E-state index is 11.8. The summed E-state index contributed by atoms with van der Waals surface area (Å²) in [5.41, 5.74) is 6.52. The van der Waals surface area contributed by atoms with Crippen LogP contribution in [0.1, 0.15) is 48.9 Å². The highest BCUT2D eigenvalue weighted by molar-refractivity contribution is 5.92. The first kappa shape index (κ1) is 15.8. The van der Waals surface area contributed by atoms with E-state index in [0.29, 0.717) is 5.82 Å². The van der Waals surface area contributed by atoms with E-state index in [0.717, 1.165) is 31.6 Å². The van der Waals surface area contributed by atoms with Crippen LogP contribution < -0.4 is 5.73 Å². The van der Waals surface area contributed by atoms with E-state index in [-0.39, 0.29) is 11.2 Å². The van der Waals surface area contributed by atoms with Gasteiger partial charge in [0.1, 0.15) is 11.6 Å². The zero-order chi connectivity index (χ0) is 15.6. The van der Waals surface area contributed by atoms with Crippen LogP contribution in [-0.2, 0) is 17.7 Å². The lowest BCUT2D eigenvalue weighted by Crippen LogP contribution is -2.45. The fraction of sp³-hybridized carbons (Fsp3) is 0.733. The van der Waals surface area contributed by atoms with E-state index >= 15 is 0 Å². The molecule has 0 bridgehead atoms. The fourth-order valence-corrected chi connectivity index (χ4v) is 3.28. The lowest BCUT2D eigenvalue weighted by atomic mass is 9.95. The van der Waals surface area contributed by atoms with Crippen LogP contribution in [0.25, 0.3) is 0 Å². The van der Waals surface area contributed by atoms with Crippen molar-refractivity contribution in [1.82, 2.24) is 14.5 Å². The Hall–Kier alpha value is -1.56. The highest BCUT2D eigenvalue weighted by Crippen LogP contribution is 2.36. The molecule has 1 fully saturated rings. The molecule has 6 nitrogen and oxygen atoms in total. The van der Waals surface area contributed by atoms with E-state index in [2.05, 4.69) is 24.0 Å². The number of carbonyl (C=O) groups excluding carboxylic acids is 1. The molecule has 0 amide bonds. The molecule has 0 spiro atoms. The first-order valence-electron chi connectivity index (χ1n) is 7.56. The molecule has 6 heteroatoms. The van der Waals surface area contributed by atoms with E-state index in [9.17, 15) is 4.79 Å². The fourth-order valence-electron chi connectivity index (χ4n) is 3.28. The topological polar surface area (TPSA) is 73.4 Å². The number of methoxy groups -OCH3 is 1. The zero-order valence-corrected chi connectivity index (χ0v) is 13.5. The van der Waals surface area contributed by atoms with Crippen molar-refractivity contribution in [2.45, 2.75) is 51.1 Å². The van der Waals surface area contributed by atoms with Crippen LogP contribution in [0.4, 0.5) is 5.82 Å². The predicted octanol–water partition coefficient (Wildman–Crippen LogP) is 1.69. The molecule has 2 rings (SSSR count). The van der Waals surface area contributed by atoms with Crippen molar-refractivity contribution in [3.63, 3.8) is 0 Å². The molecule has 0 unspecified atom stereocenters. The van der Waals surface area contributed by atoms with E-state index in [1.54, 1.807) is 0 Å². The summed E-state index contributed by atoms with van der Waals surface area (Å²) in [4.78, 5) is 18.4. The van der Waals surface area contributed by atoms with Gasteiger partial charge in [-0.25, -0.2) is 9.78 Å². The summed E-state index contributed by atoms with van der Waals surface area (Å²) in [6, 6.07) is 0. The van der Waals surface area contributed by atoms with Crippen molar-refractivity contribution in [1.29, 1.82) is 0 Å². The molecule has 1 aromatic heterocycles. The van der Waals surface area contributed by atoms with Gasteiger partial charge in [0.25, 0.3) is 0 Å². The minimum Gasteiger partial charge on any atom is -0.464 e. The highest BCUT2D eigenvalue weighted by Gasteiger charge is 2.37. The molecule has 2 N–H and O–H groups in total. The van der Waals surface area contributed by atoms with Crippen molar-refractivity contribution in [2.75, 3.05) is 26.9 Å². The number of aryl methyl sites for hydroxylation is 1. The third-order valence-electron chi connectivity index (χ3n) is 4.72. The average Bonchev–Trinajstić information content (AvgIpc) is 3.06. The normalized spacial score (nSPS) is 17.4. The Morgan fingerprint density at radius 1 is 1.43 bits per heavy atom. The number of nitrogens with zero attached hydrogens (tertiary/aromatic N) is 3. The van der Waals surface area contributed by atoms with Crippen molar-refractivity contribution < 1.29 is 9.53 Å². The average molecular weight is 294 g/mol. The first-order chi connectivity index (χ1) is 9.95. The van der Waals surface area contributed by atoms with Crippen LogP contribution >= 0.6 is 0 Å². The van der Waals surface area contributed by atoms with Crippen LogP contribution in [0, 0.1) is 0 Å². The molecular formula is C15H26N4O2. The molecule has 1 heterocycles. The highest BCUT2D eigenvalue weighted by atomic mass is 16.5. The number of rotatable bonds is 5. The number of imidazole rings is 1. The SMILES string of the molecule is CCc1nc(C(=O)OC)c(N)n1CC1(N(C)C)CCCC1. The Bertz CT molecular complexity index is 516. The van der Waals surface area contributed by atoms with Crippen molar-refractivity contribution in [3.05, 3.63) is 11.5 Å². The summed E-state index contributed by atoms with van der Waals surface area (Å²) in [5, 5.41) is 0. The first-order valence-corrected chi connectivity index (χ1v) is 7.56. The van der Waals surface area contributed by atoms with Gasteiger partial charge in [-0.1, -0.05) is 19.8 Å². The van der Waals surface area contributed by atoms with Gasteiger partial charge in [0.05, 0.1) is 7.11 Å². The third kappa shape index (κ3) is 2.77. The number of nitrogens with two attached hydrogens (primary N) is 1. The van der Waals surface area contributed by atoms with E-state index < -0.39 is 5.97 Å². The lowest BCUT2D eigenvalue weighted by molar-refractivity contribution is 0.0595. The zero-order valence-electron chi connectivity index (χ0n) is 13.5. The smallest absolute Gasteiger partial charge is 0.360 e. The van der Waals surface area contributed by atoms with E-state index in [4.69, 9.17) is 10.5 Å². The minimum atomic E-state index is -0.466. The van der Waals surface area contributed by atoms with Gasteiger partial charge < -0.3 is 19.9 Å². The molecule has 1 aromatic rings. The second-order valence-electron chi connectivity index (χ2n) is 6.02. The van der Waals surface area contributed by atoms with Gasteiger partial charge in [0, 0.05) is 18.5 Å². The molecule has 0 radical (unpaired) electrons. The Kier molecular flexibility index (Phi) is 4.56. The number of carbonyl (C=O) groups is 1. The number of aromatic nitrogens is 2. The molecule has 21 heavy (non-hydrogen) atoms. The van der Waals surface area contributed by atoms with Gasteiger partial charge in [-0.05, 0) is 26.9 Å². The lowest BCUT2D eigenvalue weighted by Gasteiger charge is -2.37. The Morgan fingerprint density at radius 2 is 2.05 bits per heavy atom. The van der Waals surface area contributed by atoms with Gasteiger partial charge in [-0.2, -0.15) is 0 Å². The molecule has 118 valence electrons. The number of likely N-dealkylation sites (N-methyl/N-ethyl adjacent to an activating group) is 1. The Balaban J connectivity index is 2.39. The third-order valence-corrected chi connectivity index (χ3v) is 4.72. The van der Waals surface area contributed by atoms with Crippen molar-refractivity contribution in [3.8, 4) is 0 Å². The molecule has 0 saturated heterocycles. The van der Waals surface area contributed by atoms with Gasteiger partial charge in [0.15, 0.2) is 5.69 Å². The summed E-state index contributed by atoms with van der Waals surface area (Å²) in [6.07, 6.45) is 5.50. The molecule has 0 atom stereocenters. The van der Waals surface area contributed by atoms with E-state index in [1.807, 2.05) is 11.5 Å². The van der Waals surface area contributed by atoms with Gasteiger partial charge in [-0.3, -0.25) is 0 Å². The molecule has 0 aromatic carbocycles. The van der Waals surface area contributed by atoms with E-state index in [1.165, 1.54) is 20.0 Å².